The van der Waals surface area contributed by atoms with E-state index in [2.05, 4.69) is 236 Å². The third kappa shape index (κ3) is 16.5. The van der Waals surface area contributed by atoms with Crippen molar-refractivity contribution in [3.05, 3.63) is 194 Å². The average molecular weight is 989 g/mol. The summed E-state index contributed by atoms with van der Waals surface area (Å²) < 4.78 is 45.0. The van der Waals surface area contributed by atoms with E-state index in [1.807, 2.05) is 0 Å². The number of nitrogens with zero attached hydrogens (tertiary/aromatic N) is 8. The highest BCUT2D eigenvalue weighted by atomic mass is 16.5. The van der Waals surface area contributed by atoms with Gasteiger partial charge in [0.25, 0.3) is 0 Å². The van der Waals surface area contributed by atoms with Crippen molar-refractivity contribution in [1.82, 2.24) is 18.3 Å². The van der Waals surface area contributed by atoms with Gasteiger partial charge in [0.1, 0.15) is 131 Å². The Hall–Kier alpha value is -7.08. The predicted octanol–water partition coefficient (Wildman–Crippen LogP) is 10.0. The highest BCUT2D eigenvalue weighted by Gasteiger charge is 2.36. The Kier molecular flexibility index (Phi) is 19.4. The number of aromatic nitrogens is 8. The molecule has 8 rings (SSSR count). The van der Waals surface area contributed by atoms with Gasteiger partial charge in [-0.05, 0) is 96.5 Å². The zero-order valence-corrected chi connectivity index (χ0v) is 44.0. The molecule has 0 spiro atoms. The van der Waals surface area contributed by atoms with Gasteiger partial charge in [-0.1, -0.05) is 102 Å². The Morgan fingerprint density at radius 3 is 0.753 bits per heavy atom. The molecule has 0 saturated heterocycles. The fraction of sp³-hybridized carbons (Fsp3) is 0.410. The number of benzene rings is 4. The molecule has 4 aromatic heterocycles. The van der Waals surface area contributed by atoms with Crippen molar-refractivity contribution in [1.29, 1.82) is 0 Å². The van der Waals surface area contributed by atoms with E-state index in [1.165, 1.54) is 73.6 Å². The molecule has 8 aromatic rings. The molecular formula is C61H80N8O4+4. The molecule has 73 heavy (non-hydrogen) atoms. The molecular weight excluding hydrogens is 909 g/mol. The van der Waals surface area contributed by atoms with Crippen LogP contribution in [0.3, 0.4) is 0 Å². The highest BCUT2D eigenvalue weighted by Crippen LogP contribution is 2.28. The van der Waals surface area contributed by atoms with Crippen molar-refractivity contribution >= 4 is 0 Å². The van der Waals surface area contributed by atoms with Crippen molar-refractivity contribution in [2.24, 2.45) is 5.41 Å². The van der Waals surface area contributed by atoms with E-state index in [1.54, 1.807) is 0 Å². The van der Waals surface area contributed by atoms with Crippen LogP contribution < -0.4 is 37.2 Å². The van der Waals surface area contributed by atoms with E-state index in [4.69, 9.17) is 18.9 Å². The number of rotatable bonds is 32. The normalized spacial score (nSPS) is 11.6. The molecule has 0 aliphatic rings. The number of hydrogen-bond donors (Lipinski definition) is 0. The van der Waals surface area contributed by atoms with Gasteiger partial charge in [-0.3, -0.25) is 0 Å². The van der Waals surface area contributed by atoms with Gasteiger partial charge in [-0.25, -0.2) is 36.5 Å². The number of ether oxygens (including phenoxy) is 4. The third-order valence-electron chi connectivity index (χ3n) is 13.4. The van der Waals surface area contributed by atoms with Gasteiger partial charge in [0.05, 0.1) is 26.2 Å². The van der Waals surface area contributed by atoms with Gasteiger partial charge in [-0.2, -0.15) is 0 Å². The SMILES string of the molecule is CCCCn1cc[n+](Cc2ccc(OCC(COc3ccc(C[n+]4ccn(CCCC)c4)cc3)(COc3ccc(C[n+]4ccn(CCCC)c4)cc3)COc3ccc(C[n+]4ccn(CCCC)c4)cc3)cc2)c1. The quantitative estimate of drug-likeness (QED) is 0.0394. The van der Waals surface area contributed by atoms with E-state index in [0.717, 1.165) is 75.4 Å². The minimum absolute atomic E-state index is 0.290. The molecule has 0 aliphatic heterocycles. The van der Waals surface area contributed by atoms with Gasteiger partial charge in [0.2, 0.25) is 25.3 Å². The molecule has 4 aromatic carbocycles. The second-order valence-electron chi connectivity index (χ2n) is 19.9. The summed E-state index contributed by atoms with van der Waals surface area (Å²) in [5.41, 5.74) is 4.07. The first-order valence-corrected chi connectivity index (χ1v) is 26.9. The van der Waals surface area contributed by atoms with E-state index < -0.39 is 5.41 Å². The summed E-state index contributed by atoms with van der Waals surface area (Å²) in [4.78, 5) is 0. The minimum atomic E-state index is -0.738. The first-order chi connectivity index (χ1) is 35.8. The highest BCUT2D eigenvalue weighted by molar-refractivity contribution is 5.30. The van der Waals surface area contributed by atoms with Crippen molar-refractivity contribution in [3.63, 3.8) is 0 Å². The summed E-state index contributed by atoms with van der Waals surface area (Å²) in [5.74, 6) is 3.11. The molecule has 4 heterocycles. The molecule has 0 atom stereocenters. The smallest absolute Gasteiger partial charge is 0.244 e. The summed E-state index contributed by atoms with van der Waals surface area (Å²) in [6.07, 6.45) is 35.3. The zero-order chi connectivity index (χ0) is 50.5. The maximum absolute atomic E-state index is 6.76. The zero-order valence-electron chi connectivity index (χ0n) is 44.0. The molecule has 0 bridgehead atoms. The lowest BCUT2D eigenvalue weighted by Crippen LogP contribution is -2.45. The Labute approximate surface area is 434 Å². The number of hydrogen-bond acceptors (Lipinski definition) is 4. The molecule has 12 heteroatoms. The molecule has 0 saturated carbocycles. The standard InChI is InChI=1S/C61H80N8O4/c1-5-9-29-62-33-37-66(49-62)41-53-13-21-57(22-14-53)70-45-61(46-71-58-23-15-54(16-24-58)42-67-38-34-63(50-67)30-10-6-2,47-72-59-25-17-55(18-26-59)43-68-39-35-64(51-68)31-11-7-3)48-73-60-27-19-56(20-28-60)44-69-40-36-65(52-69)32-12-8-4/h13-28,33-40,49-52H,5-12,29-32,41-48H2,1-4H3/q+4. The minimum Gasteiger partial charge on any atom is -0.493 e. The molecule has 0 amide bonds. The van der Waals surface area contributed by atoms with Crippen LogP contribution in [0.2, 0.25) is 0 Å². The summed E-state index contributed by atoms with van der Waals surface area (Å²) >= 11 is 0. The van der Waals surface area contributed by atoms with Crippen LogP contribution in [0.4, 0.5) is 0 Å². The van der Waals surface area contributed by atoms with Crippen molar-refractivity contribution < 1.29 is 37.2 Å². The van der Waals surface area contributed by atoms with Gasteiger partial charge in [-0.15, -0.1) is 0 Å². The van der Waals surface area contributed by atoms with Crippen LogP contribution in [0.25, 0.3) is 0 Å². The van der Waals surface area contributed by atoms with Crippen LogP contribution >= 0.6 is 0 Å². The van der Waals surface area contributed by atoms with E-state index >= 15 is 0 Å². The van der Waals surface area contributed by atoms with E-state index in [0.29, 0.717) is 26.4 Å². The molecule has 0 aliphatic carbocycles. The van der Waals surface area contributed by atoms with Crippen molar-refractivity contribution in [2.75, 3.05) is 26.4 Å². The van der Waals surface area contributed by atoms with Gasteiger partial charge in [0, 0.05) is 0 Å². The molecule has 0 fully saturated rings. The van der Waals surface area contributed by atoms with Gasteiger partial charge < -0.3 is 18.9 Å². The first kappa shape index (κ1) is 52.2. The lowest BCUT2D eigenvalue weighted by Gasteiger charge is -2.33. The fourth-order valence-corrected chi connectivity index (χ4v) is 8.82. The molecule has 0 N–H and O–H groups in total. The summed E-state index contributed by atoms with van der Waals surface area (Å²) in [7, 11) is 0. The molecule has 0 unspecified atom stereocenters. The Morgan fingerprint density at radius 1 is 0.329 bits per heavy atom. The summed E-state index contributed by atoms with van der Waals surface area (Å²) in [6, 6.07) is 33.7. The van der Waals surface area contributed by atoms with Gasteiger partial charge >= 0.3 is 0 Å². The Morgan fingerprint density at radius 2 is 0.548 bits per heavy atom. The van der Waals surface area contributed by atoms with Crippen LogP contribution in [0.15, 0.2) is 172 Å². The molecule has 0 radical (unpaired) electrons. The van der Waals surface area contributed by atoms with Crippen molar-refractivity contribution in [3.8, 4) is 23.0 Å². The number of imidazole rings is 4. The second kappa shape index (κ2) is 27.1. The van der Waals surface area contributed by atoms with Crippen LogP contribution in [-0.4, -0.2) is 44.7 Å². The van der Waals surface area contributed by atoms with Crippen molar-refractivity contribution in [2.45, 2.75) is 131 Å². The Balaban J connectivity index is 1.01. The predicted molar refractivity (Wildman–Crippen MR) is 285 cm³/mol. The number of aryl methyl sites for hydroxylation is 4. The maximum Gasteiger partial charge on any atom is 0.244 e. The van der Waals surface area contributed by atoms with Crippen LogP contribution in [0, 0.1) is 5.41 Å². The fourth-order valence-electron chi connectivity index (χ4n) is 8.82. The monoisotopic (exact) mass is 989 g/mol. The lowest BCUT2D eigenvalue weighted by molar-refractivity contribution is -0.688. The van der Waals surface area contributed by atoms with Gasteiger partial charge in [0.15, 0.2) is 0 Å². The lowest BCUT2D eigenvalue weighted by atomic mass is 9.92. The topological polar surface area (TPSA) is 72.2 Å². The summed E-state index contributed by atoms with van der Waals surface area (Å²) in [6.45, 7) is 17.4. The number of unbranched alkanes of at least 4 members (excludes halogenated alkanes) is 4. The van der Waals surface area contributed by atoms with E-state index in [9.17, 15) is 0 Å². The maximum atomic E-state index is 6.76. The van der Waals surface area contributed by atoms with Crippen LogP contribution in [0.1, 0.15) is 101 Å². The van der Waals surface area contributed by atoms with E-state index in [-0.39, 0.29) is 0 Å². The first-order valence-electron chi connectivity index (χ1n) is 26.9. The third-order valence-corrected chi connectivity index (χ3v) is 13.4. The second-order valence-corrected chi connectivity index (χ2v) is 19.9. The molecule has 12 nitrogen and oxygen atoms in total. The van der Waals surface area contributed by atoms with Crippen LogP contribution in [0.5, 0.6) is 23.0 Å². The Bertz CT molecular complexity index is 2420. The average Bonchev–Trinajstić information content (AvgIpc) is 4.27. The largest absolute Gasteiger partial charge is 0.493 e. The molecule has 384 valence electrons. The van der Waals surface area contributed by atoms with Crippen LogP contribution in [-0.2, 0) is 52.4 Å². The summed E-state index contributed by atoms with van der Waals surface area (Å²) in [5, 5.41) is 0.